The van der Waals surface area contributed by atoms with Gasteiger partial charge in [-0.25, -0.2) is 22.7 Å². The van der Waals surface area contributed by atoms with Gasteiger partial charge in [-0.05, 0) is 101 Å². The zero-order valence-corrected chi connectivity index (χ0v) is 21.8. The topological polar surface area (TPSA) is 105 Å². The standard InChI is InChI=1S/C26H35N3O5S/c1-25(2,3)34-24(31)29-15-8-13-26(29,4)14-16-35(32,33)28-23(30)27-22-20-11-6-5-9-18(20)17-19-10-7-12-21(19)22/h5,9,14,16-17H,6-8,10-13,15H2,1-4H3,(H2,27,28,30)/b16-14+/t26-/m0/s1. The summed E-state index contributed by atoms with van der Waals surface area (Å²) in [6, 6.07) is 1.40. The molecule has 3 amide bonds. The summed E-state index contributed by atoms with van der Waals surface area (Å²) in [5.41, 5.74) is 3.74. The largest absolute Gasteiger partial charge is 0.444 e. The van der Waals surface area contributed by atoms with Crippen LogP contribution in [0.15, 0.2) is 23.6 Å². The average molecular weight is 502 g/mol. The van der Waals surface area contributed by atoms with Crippen LogP contribution >= 0.6 is 0 Å². The number of anilines is 1. The number of carbonyl (C=O) groups excluding carboxylic acids is 2. The molecule has 0 radical (unpaired) electrons. The Hall–Kier alpha value is -2.81. The van der Waals surface area contributed by atoms with Gasteiger partial charge in [-0.15, -0.1) is 0 Å². The molecule has 1 fully saturated rings. The molecule has 1 heterocycles. The van der Waals surface area contributed by atoms with E-state index in [4.69, 9.17) is 4.74 Å². The van der Waals surface area contributed by atoms with Gasteiger partial charge in [0, 0.05) is 17.6 Å². The highest BCUT2D eigenvalue weighted by atomic mass is 32.2. The molecule has 0 saturated carbocycles. The van der Waals surface area contributed by atoms with Crippen LogP contribution in [0.3, 0.4) is 0 Å². The highest BCUT2D eigenvalue weighted by molar-refractivity contribution is 7.92. The van der Waals surface area contributed by atoms with E-state index in [2.05, 4.69) is 28.3 Å². The number of benzene rings is 1. The highest BCUT2D eigenvalue weighted by Crippen LogP contribution is 2.37. The van der Waals surface area contributed by atoms with Crippen molar-refractivity contribution < 1.29 is 22.7 Å². The Morgan fingerprint density at radius 2 is 1.91 bits per heavy atom. The summed E-state index contributed by atoms with van der Waals surface area (Å²) in [6.45, 7) is 7.63. The van der Waals surface area contributed by atoms with Gasteiger partial charge in [-0.1, -0.05) is 18.2 Å². The van der Waals surface area contributed by atoms with Gasteiger partial charge in [-0.3, -0.25) is 4.90 Å². The molecule has 0 aromatic heterocycles. The van der Waals surface area contributed by atoms with E-state index in [-0.39, 0.29) is 0 Å². The van der Waals surface area contributed by atoms with Crippen molar-refractivity contribution in [3.05, 3.63) is 45.9 Å². The Morgan fingerprint density at radius 1 is 1.14 bits per heavy atom. The van der Waals surface area contributed by atoms with E-state index < -0.39 is 33.3 Å². The molecule has 1 aromatic rings. The van der Waals surface area contributed by atoms with Gasteiger partial charge in [0.15, 0.2) is 0 Å². The van der Waals surface area contributed by atoms with E-state index >= 15 is 0 Å². The number of nitrogens with zero attached hydrogens (tertiary/aromatic N) is 1. The number of fused-ring (bicyclic) bond motifs is 2. The number of allylic oxidation sites excluding steroid dienone is 1. The summed E-state index contributed by atoms with van der Waals surface area (Å²) >= 11 is 0. The fourth-order valence-corrected chi connectivity index (χ4v) is 5.98. The quantitative estimate of drug-likeness (QED) is 0.611. The Bertz CT molecular complexity index is 1200. The van der Waals surface area contributed by atoms with Crippen LogP contribution < -0.4 is 10.0 Å². The van der Waals surface area contributed by atoms with Crippen LogP contribution in [-0.2, 0) is 34.0 Å². The van der Waals surface area contributed by atoms with E-state index in [0.29, 0.717) is 13.0 Å². The Labute approximate surface area is 207 Å². The number of carbonyl (C=O) groups is 2. The van der Waals surface area contributed by atoms with Gasteiger partial charge < -0.3 is 10.1 Å². The number of rotatable bonds is 4. The predicted octanol–water partition coefficient (Wildman–Crippen LogP) is 4.89. The zero-order valence-electron chi connectivity index (χ0n) is 20.9. The van der Waals surface area contributed by atoms with Gasteiger partial charge in [-0.2, -0.15) is 0 Å². The van der Waals surface area contributed by atoms with E-state index in [1.807, 2.05) is 0 Å². The Kier molecular flexibility index (Phi) is 6.74. The maximum Gasteiger partial charge on any atom is 0.410 e. The molecule has 3 aliphatic rings. The first-order valence-corrected chi connectivity index (χ1v) is 13.8. The number of ether oxygens (including phenoxy) is 1. The number of hydrogen-bond acceptors (Lipinski definition) is 5. The lowest BCUT2D eigenvalue weighted by Gasteiger charge is -2.34. The fraction of sp³-hybridized carbons (Fsp3) is 0.538. The van der Waals surface area contributed by atoms with Crippen molar-refractivity contribution >= 4 is 33.9 Å². The molecule has 8 nitrogen and oxygen atoms in total. The number of sulfonamides is 1. The van der Waals surface area contributed by atoms with Gasteiger partial charge in [0.2, 0.25) is 0 Å². The van der Waals surface area contributed by atoms with E-state index in [0.717, 1.165) is 66.3 Å². The third-order valence-corrected chi connectivity index (χ3v) is 7.74. The van der Waals surface area contributed by atoms with Gasteiger partial charge in [0.05, 0.1) is 5.54 Å². The molecule has 1 aromatic carbocycles. The minimum absolute atomic E-state index is 0.475. The maximum atomic E-state index is 12.8. The van der Waals surface area contributed by atoms with Crippen molar-refractivity contribution in [1.29, 1.82) is 0 Å². The number of likely N-dealkylation sites (tertiary alicyclic amines) is 1. The first kappa shape index (κ1) is 25.3. The first-order valence-electron chi connectivity index (χ1n) is 12.2. The molecule has 9 heteroatoms. The molecule has 2 aliphatic carbocycles. The number of nitrogens with one attached hydrogen (secondary N) is 2. The third kappa shape index (κ3) is 5.72. The van der Waals surface area contributed by atoms with Crippen molar-refractivity contribution in [2.45, 2.75) is 83.8 Å². The number of aryl methyl sites for hydroxylation is 1. The zero-order chi connectivity index (χ0) is 25.4. The smallest absolute Gasteiger partial charge is 0.410 e. The number of amides is 3. The third-order valence-electron chi connectivity index (χ3n) is 6.78. The van der Waals surface area contributed by atoms with Crippen LogP contribution in [0.5, 0.6) is 0 Å². The summed E-state index contributed by atoms with van der Waals surface area (Å²) in [6.07, 6.45) is 11.0. The second-order valence-electron chi connectivity index (χ2n) is 10.7. The molecule has 0 spiro atoms. The molecule has 0 bridgehead atoms. The summed E-state index contributed by atoms with van der Waals surface area (Å²) in [4.78, 5) is 26.9. The number of urea groups is 1. The minimum atomic E-state index is -4.08. The van der Waals surface area contributed by atoms with Crippen molar-refractivity contribution in [3.8, 4) is 0 Å². The average Bonchev–Trinajstić information content (AvgIpc) is 3.37. The van der Waals surface area contributed by atoms with Crippen LogP contribution in [0.25, 0.3) is 6.08 Å². The lowest BCUT2D eigenvalue weighted by Crippen LogP contribution is -2.46. The maximum absolute atomic E-state index is 12.8. The second kappa shape index (κ2) is 9.33. The van der Waals surface area contributed by atoms with E-state index in [9.17, 15) is 18.0 Å². The lowest BCUT2D eigenvalue weighted by atomic mass is 9.90. The molecular formula is C26H35N3O5S. The SMILES string of the molecule is CC(C)(C)OC(=O)N1CCC[C@@]1(C)/C=C/S(=O)(=O)NC(=O)Nc1c2c(cc3c1CCC3)C=CCC2. The Morgan fingerprint density at radius 3 is 2.66 bits per heavy atom. The van der Waals surface area contributed by atoms with Crippen molar-refractivity contribution in [2.75, 3.05) is 11.9 Å². The summed E-state index contributed by atoms with van der Waals surface area (Å²) in [5.74, 6) is 0. The monoisotopic (exact) mass is 501 g/mol. The van der Waals surface area contributed by atoms with Crippen LogP contribution in [-0.4, -0.2) is 43.1 Å². The van der Waals surface area contributed by atoms with E-state index in [1.165, 1.54) is 16.5 Å². The predicted molar refractivity (Wildman–Crippen MR) is 137 cm³/mol. The lowest BCUT2D eigenvalue weighted by molar-refractivity contribution is 0.0169. The highest BCUT2D eigenvalue weighted by Gasteiger charge is 2.40. The summed E-state index contributed by atoms with van der Waals surface area (Å²) in [7, 11) is -4.08. The van der Waals surface area contributed by atoms with Crippen LogP contribution in [0.1, 0.15) is 75.6 Å². The first-order chi connectivity index (χ1) is 16.4. The van der Waals surface area contributed by atoms with Crippen molar-refractivity contribution in [2.24, 2.45) is 0 Å². The molecule has 1 aliphatic heterocycles. The van der Waals surface area contributed by atoms with Gasteiger partial charge in [0.25, 0.3) is 10.0 Å². The van der Waals surface area contributed by atoms with Crippen LogP contribution in [0.4, 0.5) is 15.3 Å². The number of hydrogen-bond donors (Lipinski definition) is 2. The molecule has 4 rings (SSSR count). The molecule has 2 N–H and O–H groups in total. The van der Waals surface area contributed by atoms with E-state index in [1.54, 1.807) is 27.7 Å². The minimum Gasteiger partial charge on any atom is -0.444 e. The van der Waals surface area contributed by atoms with Gasteiger partial charge in [0.1, 0.15) is 5.60 Å². The van der Waals surface area contributed by atoms with Crippen molar-refractivity contribution in [3.63, 3.8) is 0 Å². The fourth-order valence-electron chi connectivity index (χ4n) is 5.13. The molecule has 190 valence electrons. The van der Waals surface area contributed by atoms with Crippen molar-refractivity contribution in [1.82, 2.24) is 9.62 Å². The molecule has 1 atom stereocenters. The molecule has 0 unspecified atom stereocenters. The van der Waals surface area contributed by atoms with Crippen LogP contribution in [0.2, 0.25) is 0 Å². The molecular weight excluding hydrogens is 466 g/mol. The van der Waals surface area contributed by atoms with Gasteiger partial charge >= 0.3 is 12.1 Å². The molecule has 1 saturated heterocycles. The summed E-state index contributed by atoms with van der Waals surface area (Å²) in [5, 5.41) is 3.81. The summed E-state index contributed by atoms with van der Waals surface area (Å²) < 4.78 is 33.1. The molecule has 35 heavy (non-hydrogen) atoms. The van der Waals surface area contributed by atoms with Crippen LogP contribution in [0, 0.1) is 0 Å². The second-order valence-corrected chi connectivity index (χ2v) is 12.3. The Balaban J connectivity index is 1.48. The normalized spacial score (nSPS) is 21.7.